The van der Waals surface area contributed by atoms with E-state index in [1.165, 1.54) is 15.6 Å². The largest absolute Gasteiger partial charge is 0.480 e. The lowest BCUT2D eigenvalue weighted by atomic mass is 10.1. The third-order valence-electron chi connectivity index (χ3n) is 4.92. The van der Waals surface area contributed by atoms with Gasteiger partial charge in [-0.15, -0.1) is 0 Å². The van der Waals surface area contributed by atoms with E-state index in [4.69, 9.17) is 0 Å². The predicted molar refractivity (Wildman–Crippen MR) is 91.9 cm³/mol. The molecule has 0 radical (unpaired) electrons. The number of hydrogen-bond donors (Lipinski definition) is 1. The Kier molecular flexibility index (Phi) is 5.14. The Bertz CT molecular complexity index is 906. The number of alkyl halides is 3. The Morgan fingerprint density at radius 3 is 2.57 bits per heavy atom. The second-order valence-electron chi connectivity index (χ2n) is 6.72. The summed E-state index contributed by atoms with van der Waals surface area (Å²) in [5.41, 5.74) is 0.868. The van der Waals surface area contributed by atoms with Crippen LogP contribution < -0.4 is 0 Å². The molecule has 3 rings (SSSR count). The third-order valence-corrected chi connectivity index (χ3v) is 4.92. The van der Waals surface area contributed by atoms with Crippen molar-refractivity contribution in [1.82, 2.24) is 19.7 Å². The number of halogens is 3. The van der Waals surface area contributed by atoms with Crippen molar-refractivity contribution < 1.29 is 27.9 Å². The molecule has 28 heavy (non-hydrogen) atoms. The van der Waals surface area contributed by atoms with Crippen LogP contribution in [-0.4, -0.2) is 49.2 Å². The van der Waals surface area contributed by atoms with Gasteiger partial charge in [0.05, 0.1) is 17.7 Å². The number of likely N-dealkylation sites (tertiary alicyclic amines) is 1. The molecular weight excluding hydrogens is 377 g/mol. The van der Waals surface area contributed by atoms with E-state index in [-0.39, 0.29) is 18.1 Å². The highest BCUT2D eigenvalue weighted by molar-refractivity contribution is 5.85. The van der Waals surface area contributed by atoms with Crippen LogP contribution in [0.25, 0.3) is 5.82 Å². The Hall–Kier alpha value is -2.91. The molecule has 2 aromatic rings. The van der Waals surface area contributed by atoms with Crippen molar-refractivity contribution in [3.05, 3.63) is 40.8 Å². The summed E-state index contributed by atoms with van der Waals surface area (Å²) in [5, 5.41) is 13.5. The molecule has 1 N–H and O–H groups in total. The fourth-order valence-electron chi connectivity index (χ4n) is 3.41. The van der Waals surface area contributed by atoms with Gasteiger partial charge in [0.15, 0.2) is 5.82 Å². The molecule has 3 heterocycles. The number of hydrogen-bond acceptors (Lipinski definition) is 4. The number of carboxylic acid groups (broad SMARTS) is 1. The summed E-state index contributed by atoms with van der Waals surface area (Å²) in [6, 6.07) is 1.32. The molecule has 150 valence electrons. The highest BCUT2D eigenvalue weighted by Gasteiger charge is 2.34. The molecule has 1 aliphatic heterocycles. The van der Waals surface area contributed by atoms with E-state index >= 15 is 0 Å². The van der Waals surface area contributed by atoms with Crippen LogP contribution in [0.1, 0.15) is 35.4 Å². The van der Waals surface area contributed by atoms with Crippen molar-refractivity contribution in [2.45, 2.75) is 45.3 Å². The van der Waals surface area contributed by atoms with Crippen LogP contribution >= 0.6 is 0 Å². The Morgan fingerprint density at radius 1 is 1.29 bits per heavy atom. The lowest BCUT2D eigenvalue weighted by Crippen LogP contribution is -2.41. The van der Waals surface area contributed by atoms with Gasteiger partial charge in [0.1, 0.15) is 6.04 Å². The number of rotatable bonds is 4. The molecule has 0 aromatic carbocycles. The molecule has 2 aromatic heterocycles. The molecule has 0 spiro atoms. The highest BCUT2D eigenvalue weighted by atomic mass is 19.4. The molecular formula is C18H19F3N4O3. The average molecular weight is 396 g/mol. The highest BCUT2D eigenvalue weighted by Crippen LogP contribution is 2.29. The fraction of sp³-hybridized carbons (Fsp3) is 0.444. The zero-order chi connectivity index (χ0) is 20.6. The minimum absolute atomic E-state index is 0.0257. The number of aryl methyl sites for hydroxylation is 1. The first-order valence-corrected chi connectivity index (χ1v) is 8.70. The zero-order valence-corrected chi connectivity index (χ0v) is 15.3. The third kappa shape index (κ3) is 3.71. The summed E-state index contributed by atoms with van der Waals surface area (Å²) >= 11 is 0. The summed E-state index contributed by atoms with van der Waals surface area (Å²) in [7, 11) is 0. The molecule has 10 heteroatoms. The van der Waals surface area contributed by atoms with Gasteiger partial charge in [-0.05, 0) is 38.8 Å². The van der Waals surface area contributed by atoms with Gasteiger partial charge in [-0.3, -0.25) is 4.79 Å². The molecule has 1 atom stereocenters. The zero-order valence-electron chi connectivity index (χ0n) is 15.3. The van der Waals surface area contributed by atoms with Gasteiger partial charge in [0.2, 0.25) is 5.91 Å². The van der Waals surface area contributed by atoms with Crippen molar-refractivity contribution in [1.29, 1.82) is 0 Å². The van der Waals surface area contributed by atoms with Crippen molar-refractivity contribution >= 4 is 11.9 Å². The standard InChI is InChI=1S/C18H19F3N4O3/c1-10-13(8-16(26)24-7-3-4-14(24)17(27)28)11(2)25(23-10)15-6-5-12(9-22-15)18(19,20)21/h5-6,9,14H,3-4,7-8H2,1-2H3,(H,27,28). The second-order valence-corrected chi connectivity index (χ2v) is 6.72. The topological polar surface area (TPSA) is 88.3 Å². The van der Waals surface area contributed by atoms with Crippen LogP contribution in [0.3, 0.4) is 0 Å². The number of aliphatic carboxylic acids is 1. The molecule has 0 aliphatic carbocycles. The molecule has 1 unspecified atom stereocenters. The minimum Gasteiger partial charge on any atom is -0.480 e. The maximum absolute atomic E-state index is 12.7. The van der Waals surface area contributed by atoms with Crippen molar-refractivity contribution in [2.24, 2.45) is 0 Å². The van der Waals surface area contributed by atoms with Gasteiger partial charge in [0, 0.05) is 24.0 Å². The average Bonchev–Trinajstić information content (AvgIpc) is 3.22. The maximum Gasteiger partial charge on any atom is 0.417 e. The fourth-order valence-corrected chi connectivity index (χ4v) is 3.41. The first-order chi connectivity index (χ1) is 13.1. The van der Waals surface area contributed by atoms with Crippen LogP contribution in [-0.2, 0) is 22.2 Å². The lowest BCUT2D eigenvalue weighted by molar-refractivity contribution is -0.148. The van der Waals surface area contributed by atoms with Gasteiger partial charge in [-0.2, -0.15) is 18.3 Å². The first kappa shape index (κ1) is 19.8. The van der Waals surface area contributed by atoms with Gasteiger partial charge >= 0.3 is 12.1 Å². The summed E-state index contributed by atoms with van der Waals surface area (Å²) in [4.78, 5) is 29.1. The van der Waals surface area contributed by atoms with Gasteiger partial charge in [-0.25, -0.2) is 14.5 Å². The predicted octanol–water partition coefficient (Wildman–Crippen LogP) is 2.52. The van der Waals surface area contributed by atoms with E-state index in [1.807, 2.05) is 0 Å². The number of carbonyl (C=O) groups is 2. The Balaban J connectivity index is 1.84. The molecule has 0 bridgehead atoms. The molecule has 1 aliphatic rings. The molecule has 1 fully saturated rings. The number of nitrogens with zero attached hydrogens (tertiary/aromatic N) is 4. The monoisotopic (exact) mass is 396 g/mol. The minimum atomic E-state index is -4.48. The van der Waals surface area contributed by atoms with Gasteiger partial charge in [-0.1, -0.05) is 0 Å². The van der Waals surface area contributed by atoms with Crippen molar-refractivity contribution in [3.63, 3.8) is 0 Å². The van der Waals surface area contributed by atoms with Crippen LogP contribution in [0.15, 0.2) is 18.3 Å². The smallest absolute Gasteiger partial charge is 0.417 e. The number of pyridine rings is 1. The molecule has 1 amide bonds. The maximum atomic E-state index is 12.7. The second kappa shape index (κ2) is 7.25. The summed E-state index contributed by atoms with van der Waals surface area (Å²) in [6.07, 6.45) is -2.71. The molecule has 7 nitrogen and oxygen atoms in total. The van der Waals surface area contributed by atoms with Gasteiger partial charge in [0.25, 0.3) is 0 Å². The van der Waals surface area contributed by atoms with Crippen molar-refractivity contribution in [2.75, 3.05) is 6.54 Å². The molecule has 0 saturated carbocycles. The van der Waals surface area contributed by atoms with E-state index in [0.717, 1.165) is 12.3 Å². The van der Waals surface area contributed by atoms with E-state index in [0.29, 0.717) is 36.3 Å². The molecule has 1 saturated heterocycles. The number of amides is 1. The summed E-state index contributed by atoms with van der Waals surface area (Å²) < 4.78 is 39.5. The Morgan fingerprint density at radius 2 is 2.00 bits per heavy atom. The van der Waals surface area contributed by atoms with Crippen LogP contribution in [0.4, 0.5) is 13.2 Å². The SMILES string of the molecule is Cc1nn(-c2ccc(C(F)(F)F)cn2)c(C)c1CC(=O)N1CCCC1C(=O)O. The summed E-state index contributed by atoms with van der Waals surface area (Å²) in [6.45, 7) is 3.78. The van der Waals surface area contributed by atoms with E-state index in [9.17, 15) is 27.9 Å². The Labute approximate surface area is 158 Å². The number of carbonyl (C=O) groups excluding carboxylic acids is 1. The summed E-state index contributed by atoms with van der Waals surface area (Å²) in [5.74, 6) is -1.13. The van der Waals surface area contributed by atoms with Crippen LogP contribution in [0, 0.1) is 13.8 Å². The quantitative estimate of drug-likeness (QED) is 0.858. The van der Waals surface area contributed by atoms with Gasteiger partial charge < -0.3 is 10.0 Å². The first-order valence-electron chi connectivity index (χ1n) is 8.70. The van der Waals surface area contributed by atoms with Crippen LogP contribution in [0.5, 0.6) is 0 Å². The van der Waals surface area contributed by atoms with E-state index < -0.39 is 23.8 Å². The van der Waals surface area contributed by atoms with E-state index in [2.05, 4.69) is 10.1 Å². The van der Waals surface area contributed by atoms with Crippen LogP contribution in [0.2, 0.25) is 0 Å². The van der Waals surface area contributed by atoms with Crippen molar-refractivity contribution in [3.8, 4) is 5.82 Å². The number of carboxylic acids is 1. The lowest BCUT2D eigenvalue weighted by Gasteiger charge is -2.21. The number of aromatic nitrogens is 3. The normalized spacial score (nSPS) is 17.2. The van der Waals surface area contributed by atoms with E-state index in [1.54, 1.807) is 13.8 Å².